The van der Waals surface area contributed by atoms with Crippen LogP contribution in [0.4, 0.5) is 4.79 Å². The normalized spacial score (nSPS) is 15.5. The van der Waals surface area contributed by atoms with Crippen molar-refractivity contribution >= 4 is 33.1 Å². The van der Waals surface area contributed by atoms with Gasteiger partial charge in [0.05, 0.1) is 12.2 Å². The Labute approximate surface area is 189 Å². The van der Waals surface area contributed by atoms with E-state index in [9.17, 15) is 18.0 Å². The van der Waals surface area contributed by atoms with Gasteiger partial charge in [0.25, 0.3) is 5.91 Å². The molecule has 2 aromatic heterocycles. The monoisotopic (exact) mass is 474 g/mol. The number of hydrogen-bond acceptors (Lipinski definition) is 7. The number of amides is 2. The van der Waals surface area contributed by atoms with Gasteiger partial charge in [0.2, 0.25) is 0 Å². The molecule has 0 bridgehead atoms. The molecule has 2 N–H and O–H groups in total. The smallest absolute Gasteiger partial charge is 0.318 e. The average molecular weight is 475 g/mol. The molecule has 0 radical (unpaired) electrons. The van der Waals surface area contributed by atoms with Gasteiger partial charge in [-0.3, -0.25) is 14.6 Å². The van der Waals surface area contributed by atoms with Gasteiger partial charge in [0, 0.05) is 41.2 Å². The van der Waals surface area contributed by atoms with Crippen LogP contribution in [0.2, 0.25) is 0 Å². The first-order valence-electron chi connectivity index (χ1n) is 9.80. The minimum atomic E-state index is -3.83. The zero-order valence-electron chi connectivity index (χ0n) is 17.5. The summed E-state index contributed by atoms with van der Waals surface area (Å²) in [5.41, 5.74) is 4.90. The summed E-state index contributed by atoms with van der Waals surface area (Å²) in [5.74, 6) is -1.02. The molecule has 2 amide bonds. The maximum atomic E-state index is 12.8. The Morgan fingerprint density at radius 1 is 1.28 bits per heavy atom. The molecule has 0 spiro atoms. The van der Waals surface area contributed by atoms with Crippen LogP contribution in [0.25, 0.3) is 21.8 Å². The molecule has 4 rings (SSSR count). The molecule has 0 fully saturated rings. The van der Waals surface area contributed by atoms with Crippen molar-refractivity contribution in [3.05, 3.63) is 53.7 Å². The van der Waals surface area contributed by atoms with E-state index in [4.69, 9.17) is 5.21 Å². The summed E-state index contributed by atoms with van der Waals surface area (Å²) in [6, 6.07) is 11.4. The van der Waals surface area contributed by atoms with E-state index in [0.717, 1.165) is 33.8 Å². The molecular formula is C21H22N4O5S2. The van der Waals surface area contributed by atoms with Crippen LogP contribution in [0.15, 0.2) is 48.0 Å². The van der Waals surface area contributed by atoms with E-state index in [1.165, 1.54) is 33.2 Å². The second-order valence-corrected chi connectivity index (χ2v) is 11.2. The molecule has 0 saturated carbocycles. The third kappa shape index (κ3) is 3.83. The molecule has 3 aromatic rings. The average Bonchev–Trinajstić information content (AvgIpc) is 3.47. The summed E-state index contributed by atoms with van der Waals surface area (Å²) in [4.78, 5) is 31.0. The van der Waals surface area contributed by atoms with Crippen molar-refractivity contribution in [3.8, 4) is 21.8 Å². The number of sulfone groups is 1. The van der Waals surface area contributed by atoms with E-state index in [1.54, 1.807) is 6.20 Å². The molecule has 1 aliphatic rings. The van der Waals surface area contributed by atoms with E-state index in [0.29, 0.717) is 0 Å². The standard InChI is InChI=1S/C21H22N4O5S2/c1-21(19(26)23-28,32(2,29)30)8-9-24-12-16-10-15(11-25(16)20(24)27)18-22-17(13-31-18)14-6-4-3-5-7-14/h3-7,10-11,13,28H,8-9,12H2,1-2H3,(H,23,26)/t21-/m1/s1. The molecule has 0 aliphatic carbocycles. The zero-order chi connectivity index (χ0) is 23.1. The minimum absolute atomic E-state index is 0.0439. The number of hydrogen-bond donors (Lipinski definition) is 2. The number of thiazole rings is 1. The van der Waals surface area contributed by atoms with Crippen molar-refractivity contribution in [2.24, 2.45) is 0 Å². The number of nitrogens with zero attached hydrogens (tertiary/aromatic N) is 3. The Balaban J connectivity index is 1.49. The number of hydroxylamine groups is 1. The molecule has 9 nitrogen and oxygen atoms in total. The summed E-state index contributed by atoms with van der Waals surface area (Å²) in [6.45, 7) is 1.57. The minimum Gasteiger partial charge on any atom is -0.318 e. The second-order valence-electron chi connectivity index (χ2n) is 7.89. The van der Waals surface area contributed by atoms with Crippen LogP contribution in [0.3, 0.4) is 0 Å². The van der Waals surface area contributed by atoms with Gasteiger partial charge in [-0.15, -0.1) is 11.3 Å². The van der Waals surface area contributed by atoms with Crippen LogP contribution in [-0.4, -0.2) is 57.6 Å². The van der Waals surface area contributed by atoms with Gasteiger partial charge in [-0.1, -0.05) is 30.3 Å². The summed E-state index contributed by atoms with van der Waals surface area (Å²) in [5, 5.41) is 11.7. The largest absolute Gasteiger partial charge is 0.328 e. The molecule has 0 saturated heterocycles. The molecule has 3 heterocycles. The number of rotatable bonds is 7. The lowest BCUT2D eigenvalue weighted by Gasteiger charge is -2.27. The Morgan fingerprint density at radius 3 is 2.62 bits per heavy atom. The highest BCUT2D eigenvalue weighted by atomic mass is 32.2. The number of aromatic nitrogens is 2. The lowest BCUT2D eigenvalue weighted by molar-refractivity contribution is -0.131. The van der Waals surface area contributed by atoms with Gasteiger partial charge in [0.15, 0.2) is 14.6 Å². The molecule has 11 heteroatoms. The topological polar surface area (TPSA) is 122 Å². The van der Waals surface area contributed by atoms with Gasteiger partial charge in [-0.2, -0.15) is 0 Å². The number of benzene rings is 1. The highest BCUT2D eigenvalue weighted by Gasteiger charge is 2.44. The van der Waals surface area contributed by atoms with Crippen LogP contribution in [0.1, 0.15) is 19.0 Å². The third-order valence-corrected chi connectivity index (χ3v) is 8.73. The molecule has 1 aliphatic heterocycles. The third-order valence-electron chi connectivity index (χ3n) is 5.81. The van der Waals surface area contributed by atoms with Gasteiger partial charge < -0.3 is 4.90 Å². The maximum absolute atomic E-state index is 12.8. The molecule has 1 atom stereocenters. The van der Waals surface area contributed by atoms with Crippen LogP contribution in [0, 0.1) is 0 Å². The lowest BCUT2D eigenvalue weighted by atomic mass is 10.1. The fourth-order valence-corrected chi connectivity index (χ4v) is 5.25. The molecule has 168 valence electrons. The maximum Gasteiger partial charge on any atom is 0.328 e. The second kappa shape index (κ2) is 8.15. The van der Waals surface area contributed by atoms with Crippen LogP contribution in [0.5, 0.6) is 0 Å². The van der Waals surface area contributed by atoms with Crippen molar-refractivity contribution in [3.63, 3.8) is 0 Å². The van der Waals surface area contributed by atoms with E-state index < -0.39 is 20.5 Å². The van der Waals surface area contributed by atoms with Gasteiger partial charge in [0.1, 0.15) is 5.01 Å². The van der Waals surface area contributed by atoms with Gasteiger partial charge in [-0.05, 0) is 19.4 Å². The van der Waals surface area contributed by atoms with Crippen LogP contribution < -0.4 is 5.48 Å². The van der Waals surface area contributed by atoms with Crippen molar-refractivity contribution < 1.29 is 23.2 Å². The highest BCUT2D eigenvalue weighted by Crippen LogP contribution is 2.32. The van der Waals surface area contributed by atoms with E-state index in [-0.39, 0.29) is 25.5 Å². The van der Waals surface area contributed by atoms with Crippen molar-refractivity contribution in [2.45, 2.75) is 24.6 Å². The Bertz CT molecular complexity index is 1280. The first-order valence-corrected chi connectivity index (χ1v) is 12.6. The van der Waals surface area contributed by atoms with Crippen molar-refractivity contribution in [1.29, 1.82) is 0 Å². The van der Waals surface area contributed by atoms with E-state index >= 15 is 0 Å². The van der Waals surface area contributed by atoms with Crippen LogP contribution in [-0.2, 0) is 21.2 Å². The van der Waals surface area contributed by atoms with Gasteiger partial charge >= 0.3 is 6.03 Å². The number of carbonyl (C=O) groups excluding carboxylic acids is 2. The summed E-state index contributed by atoms with van der Waals surface area (Å²) >= 11 is 1.49. The number of nitrogens with one attached hydrogen (secondary N) is 1. The summed E-state index contributed by atoms with van der Waals surface area (Å²) in [6.07, 6.45) is 2.51. The molecule has 1 aromatic carbocycles. The Kier molecular flexibility index (Phi) is 5.65. The SMILES string of the molecule is C[C@@](CCN1Cc2cc(-c3nc(-c4ccccc4)cs3)cn2C1=O)(C(=O)NO)S(C)(=O)=O. The lowest BCUT2D eigenvalue weighted by Crippen LogP contribution is -2.50. The van der Waals surface area contributed by atoms with Crippen molar-refractivity contribution in [1.82, 2.24) is 19.9 Å². The molecule has 32 heavy (non-hydrogen) atoms. The Morgan fingerprint density at radius 2 is 2.00 bits per heavy atom. The zero-order valence-corrected chi connectivity index (χ0v) is 19.1. The van der Waals surface area contributed by atoms with Gasteiger partial charge in [-0.25, -0.2) is 23.7 Å². The predicted octanol–water partition coefficient (Wildman–Crippen LogP) is 2.76. The van der Waals surface area contributed by atoms with E-state index in [1.807, 2.05) is 41.8 Å². The predicted molar refractivity (Wildman–Crippen MR) is 120 cm³/mol. The molecule has 0 unspecified atom stereocenters. The first-order chi connectivity index (χ1) is 15.1. The van der Waals surface area contributed by atoms with E-state index in [2.05, 4.69) is 4.98 Å². The Hall–Kier alpha value is -3.02. The van der Waals surface area contributed by atoms with Crippen LogP contribution >= 0.6 is 11.3 Å². The quantitative estimate of drug-likeness (QED) is 0.401. The first kappa shape index (κ1) is 22.2. The number of fused-ring (bicyclic) bond motifs is 1. The fourth-order valence-electron chi connectivity index (χ4n) is 3.60. The molecular weight excluding hydrogens is 452 g/mol. The number of carbonyl (C=O) groups is 2. The summed E-state index contributed by atoms with van der Waals surface area (Å²) in [7, 11) is -3.83. The summed E-state index contributed by atoms with van der Waals surface area (Å²) < 4.78 is 23.9. The van der Waals surface area contributed by atoms with Crippen molar-refractivity contribution in [2.75, 3.05) is 12.8 Å². The highest BCUT2D eigenvalue weighted by molar-refractivity contribution is 7.92. The fraction of sp³-hybridized carbons (Fsp3) is 0.286.